The first kappa shape index (κ1) is 17.7. The quantitative estimate of drug-likeness (QED) is 0.366. The molecular formula is C21H22N4OS. The van der Waals surface area contributed by atoms with Crippen LogP contribution >= 0.6 is 11.8 Å². The van der Waals surface area contributed by atoms with E-state index >= 15 is 0 Å². The van der Waals surface area contributed by atoms with Gasteiger partial charge in [-0.3, -0.25) is 0 Å². The third-order valence-corrected chi connectivity index (χ3v) is 5.46. The lowest BCUT2D eigenvalue weighted by molar-refractivity contribution is 0.341. The summed E-state index contributed by atoms with van der Waals surface area (Å²) in [5.41, 5.74) is 3.35. The average molecular weight is 379 g/mol. The highest BCUT2D eigenvalue weighted by atomic mass is 32.2. The van der Waals surface area contributed by atoms with E-state index in [1.807, 2.05) is 36.5 Å². The Hall–Kier alpha value is -2.73. The number of hydrogen-bond donors (Lipinski definition) is 1. The number of ether oxygens (including phenoxy) is 1. The van der Waals surface area contributed by atoms with Crippen LogP contribution in [-0.2, 0) is 6.54 Å². The molecule has 0 amide bonds. The Morgan fingerprint density at radius 2 is 1.89 bits per heavy atom. The summed E-state index contributed by atoms with van der Waals surface area (Å²) in [6, 6.07) is 16.3. The van der Waals surface area contributed by atoms with Crippen molar-refractivity contribution in [2.24, 2.45) is 0 Å². The Kier molecular flexibility index (Phi) is 5.16. The van der Waals surface area contributed by atoms with Gasteiger partial charge in [0.25, 0.3) is 0 Å². The molecule has 0 aliphatic carbocycles. The number of aryl methyl sites for hydroxylation is 1. The zero-order chi connectivity index (χ0) is 18.6. The molecule has 2 heterocycles. The molecule has 0 spiro atoms. The van der Waals surface area contributed by atoms with Crippen molar-refractivity contribution in [3.63, 3.8) is 0 Å². The standard InChI is InChI=1S/C21H22N4OS/c1-3-25-20(17-14-22-18-10-6-5-9-16(17)18)23-24-21(25)27-13-12-26-19-11-7-4-8-15(19)2/h4-11,14,22H,3,12-13H2,1-2H3. The number of hydrogen-bond acceptors (Lipinski definition) is 4. The molecule has 2 aromatic carbocycles. The lowest BCUT2D eigenvalue weighted by Crippen LogP contribution is -2.04. The lowest BCUT2D eigenvalue weighted by Gasteiger charge is -2.09. The fourth-order valence-electron chi connectivity index (χ4n) is 3.14. The summed E-state index contributed by atoms with van der Waals surface area (Å²) in [5.74, 6) is 2.66. The maximum Gasteiger partial charge on any atom is 0.191 e. The van der Waals surface area contributed by atoms with Crippen molar-refractivity contribution in [1.82, 2.24) is 19.7 Å². The number of thioether (sulfide) groups is 1. The number of nitrogens with one attached hydrogen (secondary N) is 1. The van der Waals surface area contributed by atoms with Crippen molar-refractivity contribution in [3.05, 3.63) is 60.3 Å². The maximum atomic E-state index is 5.89. The van der Waals surface area contributed by atoms with E-state index in [1.54, 1.807) is 11.8 Å². The monoisotopic (exact) mass is 378 g/mol. The SMILES string of the molecule is CCn1c(SCCOc2ccccc2C)nnc1-c1c[nH]c2ccccc12. The highest BCUT2D eigenvalue weighted by Crippen LogP contribution is 2.30. The summed E-state index contributed by atoms with van der Waals surface area (Å²) >= 11 is 1.67. The predicted molar refractivity (Wildman–Crippen MR) is 110 cm³/mol. The number of para-hydroxylation sites is 2. The Morgan fingerprint density at radius 1 is 1.07 bits per heavy atom. The highest BCUT2D eigenvalue weighted by Gasteiger charge is 2.16. The third-order valence-electron chi connectivity index (χ3n) is 4.53. The van der Waals surface area contributed by atoms with Gasteiger partial charge >= 0.3 is 0 Å². The third kappa shape index (κ3) is 3.57. The molecule has 5 nitrogen and oxygen atoms in total. The molecule has 0 atom stereocenters. The molecule has 6 heteroatoms. The number of aromatic nitrogens is 4. The van der Waals surface area contributed by atoms with Gasteiger partial charge in [-0.2, -0.15) is 0 Å². The van der Waals surface area contributed by atoms with Crippen molar-refractivity contribution in [2.75, 3.05) is 12.4 Å². The minimum atomic E-state index is 0.633. The van der Waals surface area contributed by atoms with Gasteiger partial charge in [-0.05, 0) is 31.5 Å². The second-order valence-corrected chi connectivity index (χ2v) is 7.32. The van der Waals surface area contributed by atoms with Gasteiger partial charge in [0.1, 0.15) is 5.75 Å². The minimum absolute atomic E-state index is 0.633. The smallest absolute Gasteiger partial charge is 0.191 e. The summed E-state index contributed by atoms with van der Waals surface area (Å²) in [5, 5.41) is 11.0. The summed E-state index contributed by atoms with van der Waals surface area (Å²) in [4.78, 5) is 3.32. The molecule has 4 aromatic rings. The van der Waals surface area contributed by atoms with Crippen molar-refractivity contribution in [3.8, 4) is 17.1 Å². The largest absolute Gasteiger partial charge is 0.492 e. The second-order valence-electron chi connectivity index (χ2n) is 6.26. The molecule has 0 saturated carbocycles. The molecule has 0 saturated heterocycles. The van der Waals surface area contributed by atoms with Crippen LogP contribution in [0.1, 0.15) is 12.5 Å². The Labute approximate surface area is 162 Å². The number of nitrogens with zero attached hydrogens (tertiary/aromatic N) is 3. The van der Waals surface area contributed by atoms with E-state index in [4.69, 9.17) is 4.74 Å². The van der Waals surface area contributed by atoms with Crippen molar-refractivity contribution in [2.45, 2.75) is 25.5 Å². The van der Waals surface area contributed by atoms with E-state index < -0.39 is 0 Å². The molecule has 0 radical (unpaired) electrons. The molecule has 138 valence electrons. The van der Waals surface area contributed by atoms with Crippen LogP contribution in [0, 0.1) is 6.92 Å². The Bertz CT molecular complexity index is 1050. The first-order chi connectivity index (χ1) is 13.3. The van der Waals surface area contributed by atoms with Gasteiger partial charge in [0.2, 0.25) is 0 Å². The van der Waals surface area contributed by atoms with Crippen molar-refractivity contribution >= 4 is 22.7 Å². The van der Waals surface area contributed by atoms with Gasteiger partial charge in [0, 0.05) is 35.0 Å². The summed E-state index contributed by atoms with van der Waals surface area (Å²) < 4.78 is 8.05. The molecule has 0 aliphatic rings. The molecule has 1 N–H and O–H groups in total. The zero-order valence-corrected chi connectivity index (χ0v) is 16.3. The Balaban J connectivity index is 1.47. The second kappa shape index (κ2) is 7.88. The van der Waals surface area contributed by atoms with Crippen LogP contribution in [0.25, 0.3) is 22.3 Å². The van der Waals surface area contributed by atoms with E-state index in [0.29, 0.717) is 6.61 Å². The van der Waals surface area contributed by atoms with Gasteiger partial charge < -0.3 is 14.3 Å². The lowest BCUT2D eigenvalue weighted by atomic mass is 10.1. The van der Waals surface area contributed by atoms with E-state index in [9.17, 15) is 0 Å². The van der Waals surface area contributed by atoms with E-state index in [-0.39, 0.29) is 0 Å². The molecule has 0 fully saturated rings. The molecule has 0 aliphatic heterocycles. The Morgan fingerprint density at radius 3 is 2.74 bits per heavy atom. The summed E-state index contributed by atoms with van der Waals surface area (Å²) in [7, 11) is 0. The first-order valence-electron chi connectivity index (χ1n) is 9.09. The van der Waals surface area contributed by atoms with Crippen LogP contribution in [0.15, 0.2) is 59.9 Å². The zero-order valence-electron chi connectivity index (χ0n) is 15.5. The van der Waals surface area contributed by atoms with E-state index in [2.05, 4.69) is 51.8 Å². The fourth-order valence-corrected chi connectivity index (χ4v) is 3.96. The highest BCUT2D eigenvalue weighted by molar-refractivity contribution is 7.99. The number of fused-ring (bicyclic) bond motifs is 1. The van der Waals surface area contributed by atoms with Gasteiger partial charge in [0.15, 0.2) is 11.0 Å². The van der Waals surface area contributed by atoms with Crippen LogP contribution in [0.5, 0.6) is 5.75 Å². The predicted octanol–water partition coefficient (Wildman–Crippen LogP) is 4.93. The van der Waals surface area contributed by atoms with Crippen LogP contribution < -0.4 is 4.74 Å². The minimum Gasteiger partial charge on any atom is -0.492 e. The molecule has 27 heavy (non-hydrogen) atoms. The van der Waals surface area contributed by atoms with Crippen LogP contribution in [0.4, 0.5) is 0 Å². The van der Waals surface area contributed by atoms with Crippen LogP contribution in [0.3, 0.4) is 0 Å². The van der Waals surface area contributed by atoms with Gasteiger partial charge in [-0.15, -0.1) is 10.2 Å². The summed E-state index contributed by atoms with van der Waals surface area (Å²) in [6.07, 6.45) is 2.01. The van der Waals surface area contributed by atoms with E-state index in [0.717, 1.165) is 45.7 Å². The van der Waals surface area contributed by atoms with Gasteiger partial charge in [-0.1, -0.05) is 48.2 Å². The number of aromatic amines is 1. The average Bonchev–Trinajstić information content (AvgIpc) is 3.29. The van der Waals surface area contributed by atoms with E-state index in [1.165, 1.54) is 5.39 Å². The maximum absolute atomic E-state index is 5.89. The topological polar surface area (TPSA) is 55.7 Å². The molecule has 2 aromatic heterocycles. The molecule has 0 bridgehead atoms. The van der Waals surface area contributed by atoms with Crippen molar-refractivity contribution < 1.29 is 4.74 Å². The normalized spacial score (nSPS) is 11.2. The number of H-pyrrole nitrogens is 1. The first-order valence-corrected chi connectivity index (χ1v) is 10.1. The van der Waals surface area contributed by atoms with Crippen molar-refractivity contribution in [1.29, 1.82) is 0 Å². The van der Waals surface area contributed by atoms with Crippen LogP contribution in [0.2, 0.25) is 0 Å². The number of rotatable bonds is 7. The van der Waals surface area contributed by atoms with Gasteiger partial charge in [-0.25, -0.2) is 0 Å². The molecule has 4 rings (SSSR count). The number of benzene rings is 2. The van der Waals surface area contributed by atoms with Gasteiger partial charge in [0.05, 0.1) is 6.61 Å². The fraction of sp³-hybridized carbons (Fsp3) is 0.238. The molecule has 0 unspecified atom stereocenters. The molecular weight excluding hydrogens is 356 g/mol. The summed E-state index contributed by atoms with van der Waals surface area (Å²) in [6.45, 7) is 5.64. The van der Waals surface area contributed by atoms with Crippen LogP contribution in [-0.4, -0.2) is 32.1 Å².